The molecule has 2 heterocycles. The lowest BCUT2D eigenvalue weighted by molar-refractivity contribution is -0.0947. The zero-order valence-electron chi connectivity index (χ0n) is 17.5. The highest BCUT2D eigenvalue weighted by atomic mass is 16.5. The van der Waals surface area contributed by atoms with Crippen LogP contribution in [0.15, 0.2) is 0 Å². The van der Waals surface area contributed by atoms with Crippen molar-refractivity contribution in [2.45, 2.75) is 71.6 Å². The summed E-state index contributed by atoms with van der Waals surface area (Å²) in [6.45, 7) is 17.6. The third-order valence-electron chi connectivity index (χ3n) is 5.77. The molecule has 2 amide bonds. The number of hydrogen-bond acceptors (Lipinski definition) is 4. The summed E-state index contributed by atoms with van der Waals surface area (Å²) < 4.78 is 5.81. The first-order chi connectivity index (χ1) is 12.3. The maximum Gasteiger partial charge on any atom is 0.314 e. The van der Waals surface area contributed by atoms with Gasteiger partial charge in [-0.05, 0) is 72.5 Å². The van der Waals surface area contributed by atoms with Crippen LogP contribution in [-0.2, 0) is 4.74 Å². The van der Waals surface area contributed by atoms with Gasteiger partial charge in [0.05, 0.1) is 12.2 Å². The van der Waals surface area contributed by atoms with Crippen LogP contribution < -0.4 is 10.6 Å². The molecule has 2 atom stereocenters. The third kappa shape index (κ3) is 7.05. The van der Waals surface area contributed by atoms with Crippen molar-refractivity contribution in [1.29, 1.82) is 0 Å². The van der Waals surface area contributed by atoms with E-state index in [4.69, 9.17) is 4.74 Å². The van der Waals surface area contributed by atoms with Crippen molar-refractivity contribution in [2.24, 2.45) is 5.92 Å². The molecule has 0 spiro atoms. The number of likely N-dealkylation sites (tertiary alicyclic amines) is 1. The molecule has 26 heavy (non-hydrogen) atoms. The Bertz CT molecular complexity index is 426. The maximum absolute atomic E-state index is 12.1. The van der Waals surface area contributed by atoms with Crippen molar-refractivity contribution in [3.05, 3.63) is 0 Å². The minimum absolute atomic E-state index is 0.0558. The Morgan fingerprint density at radius 2 is 1.69 bits per heavy atom. The van der Waals surface area contributed by atoms with E-state index in [1.54, 1.807) is 0 Å². The highest BCUT2D eigenvalue weighted by molar-refractivity contribution is 5.73. The highest BCUT2D eigenvalue weighted by Gasteiger charge is 2.33. The Morgan fingerprint density at radius 3 is 2.31 bits per heavy atom. The maximum atomic E-state index is 12.1. The lowest BCUT2D eigenvalue weighted by Crippen LogP contribution is -2.59. The van der Waals surface area contributed by atoms with Gasteiger partial charge in [0, 0.05) is 31.7 Å². The highest BCUT2D eigenvalue weighted by Crippen LogP contribution is 2.20. The van der Waals surface area contributed by atoms with Gasteiger partial charge in [0.15, 0.2) is 0 Å². The van der Waals surface area contributed by atoms with Gasteiger partial charge in [-0.25, -0.2) is 4.79 Å². The molecule has 0 aromatic rings. The van der Waals surface area contributed by atoms with Crippen LogP contribution >= 0.6 is 0 Å². The summed E-state index contributed by atoms with van der Waals surface area (Å²) in [6, 6.07) is -0.0558. The van der Waals surface area contributed by atoms with Crippen molar-refractivity contribution in [2.75, 3.05) is 45.8 Å². The van der Waals surface area contributed by atoms with Gasteiger partial charge in [-0.3, -0.25) is 4.90 Å². The number of hydrogen-bond donors (Lipinski definition) is 2. The zero-order valence-corrected chi connectivity index (χ0v) is 17.5. The van der Waals surface area contributed by atoms with E-state index in [2.05, 4.69) is 55.1 Å². The first-order valence-corrected chi connectivity index (χ1v) is 10.4. The normalized spacial score (nSPS) is 26.7. The second kappa shape index (κ2) is 9.90. The predicted octanol–water partition coefficient (Wildman–Crippen LogP) is 2.30. The number of nitrogens with zero attached hydrogens (tertiary/aromatic N) is 2. The van der Waals surface area contributed by atoms with Crippen molar-refractivity contribution in [1.82, 2.24) is 20.4 Å². The average molecular weight is 369 g/mol. The Labute approximate surface area is 160 Å². The van der Waals surface area contributed by atoms with E-state index in [0.29, 0.717) is 6.54 Å². The Kier molecular flexibility index (Phi) is 8.17. The van der Waals surface area contributed by atoms with Crippen LogP contribution in [0, 0.1) is 5.92 Å². The number of carbonyl (C=O) groups excluding carboxylic acids is 1. The number of amides is 2. The lowest BCUT2D eigenvalue weighted by atomic mass is 9.99. The molecule has 2 fully saturated rings. The van der Waals surface area contributed by atoms with Crippen LogP contribution in [0.4, 0.5) is 4.79 Å². The minimum Gasteiger partial charge on any atom is -0.373 e. The fraction of sp³-hybridized carbons (Fsp3) is 0.950. The average Bonchev–Trinajstić information content (AvgIpc) is 2.58. The molecule has 2 N–H and O–H groups in total. The predicted molar refractivity (Wildman–Crippen MR) is 107 cm³/mol. The quantitative estimate of drug-likeness (QED) is 0.677. The second-order valence-electron chi connectivity index (χ2n) is 8.96. The van der Waals surface area contributed by atoms with E-state index >= 15 is 0 Å². The largest absolute Gasteiger partial charge is 0.373 e. The summed E-state index contributed by atoms with van der Waals surface area (Å²) >= 11 is 0. The fourth-order valence-electron chi connectivity index (χ4n) is 3.93. The number of morpholine rings is 1. The van der Waals surface area contributed by atoms with Crippen LogP contribution in [0.1, 0.15) is 53.9 Å². The van der Waals surface area contributed by atoms with Crippen molar-refractivity contribution in [3.63, 3.8) is 0 Å². The monoisotopic (exact) mass is 368 g/mol. The van der Waals surface area contributed by atoms with Crippen LogP contribution in [0.25, 0.3) is 0 Å². The summed E-state index contributed by atoms with van der Waals surface area (Å²) in [5, 5.41) is 6.05. The molecule has 6 nitrogen and oxygen atoms in total. The zero-order chi connectivity index (χ0) is 19.2. The van der Waals surface area contributed by atoms with E-state index in [1.807, 2.05) is 0 Å². The van der Waals surface area contributed by atoms with Gasteiger partial charge >= 0.3 is 6.03 Å². The molecule has 0 saturated carbocycles. The molecule has 152 valence electrons. The number of ether oxygens (including phenoxy) is 1. The summed E-state index contributed by atoms with van der Waals surface area (Å²) in [5.74, 6) is 0.871. The van der Waals surface area contributed by atoms with Gasteiger partial charge in [0.25, 0.3) is 0 Å². The lowest BCUT2D eigenvalue weighted by Gasteiger charge is -2.45. The molecule has 2 unspecified atom stereocenters. The van der Waals surface area contributed by atoms with Gasteiger partial charge in [0.2, 0.25) is 0 Å². The Balaban J connectivity index is 1.60. The van der Waals surface area contributed by atoms with E-state index in [9.17, 15) is 4.79 Å². The molecule has 0 aromatic carbocycles. The Morgan fingerprint density at radius 1 is 1.08 bits per heavy atom. The van der Waals surface area contributed by atoms with Gasteiger partial charge in [-0.1, -0.05) is 6.92 Å². The summed E-state index contributed by atoms with van der Waals surface area (Å²) in [4.78, 5) is 17.1. The molecule has 2 aliphatic rings. The topological polar surface area (TPSA) is 56.8 Å². The molecule has 0 radical (unpaired) electrons. The SMILES string of the molecule is CC1CCN(CCCNC(=O)NCC(C)(C)N2CC(C)OC(C)C2)CC1. The third-order valence-corrected chi connectivity index (χ3v) is 5.77. The van der Waals surface area contributed by atoms with Crippen molar-refractivity contribution in [3.8, 4) is 0 Å². The van der Waals surface area contributed by atoms with Gasteiger partial charge in [-0.15, -0.1) is 0 Å². The van der Waals surface area contributed by atoms with Crippen LogP contribution in [0.5, 0.6) is 0 Å². The van der Waals surface area contributed by atoms with Gasteiger partial charge in [0.1, 0.15) is 0 Å². The summed E-state index contributed by atoms with van der Waals surface area (Å²) in [7, 11) is 0. The standard InChI is InChI=1S/C20H40N4O2/c1-16-7-11-23(12-8-16)10-6-9-21-19(25)22-15-20(4,5)24-13-17(2)26-18(3)14-24/h16-18H,6-15H2,1-5H3,(H2,21,22,25). The fourth-order valence-corrected chi connectivity index (χ4v) is 3.93. The molecule has 0 aliphatic carbocycles. The van der Waals surface area contributed by atoms with E-state index in [1.165, 1.54) is 25.9 Å². The number of rotatable bonds is 7. The first-order valence-electron chi connectivity index (χ1n) is 10.4. The number of piperidine rings is 1. The summed E-state index contributed by atoms with van der Waals surface area (Å²) in [6.07, 6.45) is 4.11. The van der Waals surface area contributed by atoms with Crippen molar-refractivity contribution < 1.29 is 9.53 Å². The second-order valence-corrected chi connectivity index (χ2v) is 8.96. The van der Waals surface area contributed by atoms with Crippen molar-refractivity contribution >= 4 is 6.03 Å². The minimum atomic E-state index is -0.0753. The Hall–Kier alpha value is -0.850. The smallest absolute Gasteiger partial charge is 0.314 e. The molecule has 6 heteroatoms. The molecule has 0 aromatic heterocycles. The van der Waals surface area contributed by atoms with Crippen LogP contribution in [0.3, 0.4) is 0 Å². The molecule has 0 bridgehead atoms. The van der Waals surface area contributed by atoms with Gasteiger partial charge in [-0.2, -0.15) is 0 Å². The van der Waals surface area contributed by atoms with E-state index in [-0.39, 0.29) is 23.8 Å². The van der Waals surface area contributed by atoms with Gasteiger partial charge < -0.3 is 20.3 Å². The molecular formula is C20H40N4O2. The van der Waals surface area contributed by atoms with Crippen LogP contribution in [0.2, 0.25) is 0 Å². The van der Waals surface area contributed by atoms with Crippen LogP contribution in [-0.4, -0.2) is 79.4 Å². The molecular weight excluding hydrogens is 328 g/mol. The first kappa shape index (κ1) is 21.5. The van der Waals surface area contributed by atoms with E-state index < -0.39 is 0 Å². The van der Waals surface area contributed by atoms with E-state index in [0.717, 1.165) is 38.5 Å². The number of nitrogens with one attached hydrogen (secondary N) is 2. The number of carbonyl (C=O) groups is 1. The summed E-state index contributed by atoms with van der Waals surface area (Å²) in [5.41, 5.74) is -0.0753. The molecule has 2 rings (SSSR count). The molecule has 2 saturated heterocycles. The molecule has 2 aliphatic heterocycles. The number of urea groups is 1.